The van der Waals surface area contributed by atoms with Crippen molar-refractivity contribution >= 4 is 5.91 Å². The van der Waals surface area contributed by atoms with E-state index in [1.54, 1.807) is 0 Å². The molecular weight excluding hydrogens is 333 g/mol. The largest absolute Gasteiger partial charge is 0.492 e. The van der Waals surface area contributed by atoms with Gasteiger partial charge < -0.3 is 15.4 Å². The summed E-state index contributed by atoms with van der Waals surface area (Å²) in [6, 6.07) is 4.52. The van der Waals surface area contributed by atoms with Crippen molar-refractivity contribution < 1.29 is 22.7 Å². The second kappa shape index (κ2) is 9.08. The molecule has 0 saturated carbocycles. The van der Waals surface area contributed by atoms with Crippen molar-refractivity contribution in [2.45, 2.75) is 32.4 Å². The van der Waals surface area contributed by atoms with Gasteiger partial charge in [-0.25, -0.2) is 0 Å². The normalized spacial score (nSPS) is 19.3. The van der Waals surface area contributed by atoms with Gasteiger partial charge in [0.2, 0.25) is 5.91 Å². The number of hydrogen-bond donors (Lipinski definition) is 2. The Kier molecular flexibility index (Phi) is 7.11. The fraction of sp³-hybridized carbons (Fsp3) is 0.611. The lowest BCUT2D eigenvalue weighted by molar-refractivity contribution is -0.137. The summed E-state index contributed by atoms with van der Waals surface area (Å²) in [7, 11) is 0. The summed E-state index contributed by atoms with van der Waals surface area (Å²) in [5.41, 5.74) is -0.709. The van der Waals surface area contributed by atoms with E-state index in [4.69, 9.17) is 4.74 Å². The highest BCUT2D eigenvalue weighted by Gasteiger charge is 2.30. The van der Waals surface area contributed by atoms with E-state index in [-0.39, 0.29) is 12.5 Å². The number of amides is 1. The number of benzene rings is 1. The zero-order valence-corrected chi connectivity index (χ0v) is 14.4. The topological polar surface area (TPSA) is 50.4 Å². The van der Waals surface area contributed by atoms with Gasteiger partial charge >= 0.3 is 6.18 Å². The van der Waals surface area contributed by atoms with Crippen LogP contribution in [0.3, 0.4) is 0 Å². The second-order valence-electron chi connectivity index (χ2n) is 6.51. The molecule has 1 aliphatic rings. The third kappa shape index (κ3) is 6.57. The highest BCUT2D eigenvalue weighted by Crippen LogP contribution is 2.30. The van der Waals surface area contributed by atoms with Gasteiger partial charge in [-0.15, -0.1) is 0 Å². The summed E-state index contributed by atoms with van der Waals surface area (Å²) in [5, 5.41) is 6.14. The zero-order chi connectivity index (χ0) is 18.3. The monoisotopic (exact) mass is 358 g/mol. The van der Waals surface area contributed by atoms with Gasteiger partial charge in [0.25, 0.3) is 0 Å². The summed E-state index contributed by atoms with van der Waals surface area (Å²) in [6.07, 6.45) is -1.57. The Bertz CT molecular complexity index is 540. The van der Waals surface area contributed by atoms with E-state index in [0.29, 0.717) is 30.6 Å². The van der Waals surface area contributed by atoms with E-state index in [9.17, 15) is 18.0 Å². The van der Waals surface area contributed by atoms with Crippen molar-refractivity contribution in [1.82, 2.24) is 10.6 Å². The molecule has 1 fully saturated rings. The zero-order valence-electron chi connectivity index (χ0n) is 14.4. The molecule has 4 nitrogen and oxygen atoms in total. The van der Waals surface area contributed by atoms with E-state index < -0.39 is 11.7 Å². The average Bonchev–Trinajstić information content (AvgIpc) is 2.59. The van der Waals surface area contributed by atoms with Gasteiger partial charge in [0.1, 0.15) is 12.4 Å². The fourth-order valence-electron chi connectivity index (χ4n) is 3.00. The molecule has 2 N–H and O–H groups in total. The number of alkyl halides is 3. The van der Waals surface area contributed by atoms with Crippen LogP contribution in [0.2, 0.25) is 0 Å². The summed E-state index contributed by atoms with van der Waals surface area (Å²) >= 11 is 0. The van der Waals surface area contributed by atoms with Crippen LogP contribution in [0.15, 0.2) is 24.3 Å². The summed E-state index contributed by atoms with van der Waals surface area (Å²) in [4.78, 5) is 12.0. The van der Waals surface area contributed by atoms with Crippen LogP contribution in [0.1, 0.15) is 31.7 Å². The fourth-order valence-corrected chi connectivity index (χ4v) is 3.00. The quantitative estimate of drug-likeness (QED) is 0.736. The first-order chi connectivity index (χ1) is 11.9. The molecule has 25 heavy (non-hydrogen) atoms. The summed E-state index contributed by atoms with van der Waals surface area (Å²) in [5.74, 6) is 1.18. The lowest BCUT2D eigenvalue weighted by atomic mass is 9.85. The van der Waals surface area contributed by atoms with E-state index in [1.165, 1.54) is 12.1 Å². The predicted octanol–water partition coefficient (Wildman–Crippen LogP) is 3.23. The molecule has 0 radical (unpaired) electrons. The third-order valence-electron chi connectivity index (χ3n) is 4.52. The Labute approximate surface area is 146 Å². The molecule has 1 aromatic rings. The number of carbonyl (C=O) groups is 1. The molecule has 2 rings (SSSR count). The minimum absolute atomic E-state index is 0.0194. The van der Waals surface area contributed by atoms with Crippen LogP contribution in [0, 0.1) is 11.8 Å². The first-order valence-electron chi connectivity index (χ1n) is 8.63. The van der Waals surface area contributed by atoms with Crippen LogP contribution in [0.25, 0.3) is 0 Å². The highest BCUT2D eigenvalue weighted by molar-refractivity contribution is 5.76. The molecular formula is C18H25F3N2O2. The molecule has 0 aromatic heterocycles. The molecule has 1 saturated heterocycles. The number of nitrogens with one attached hydrogen (secondary N) is 2. The Morgan fingerprint density at radius 2 is 2.08 bits per heavy atom. The number of ether oxygens (including phenoxy) is 1. The first kappa shape index (κ1) is 19.6. The summed E-state index contributed by atoms with van der Waals surface area (Å²) in [6.45, 7) is 4.66. The van der Waals surface area contributed by atoms with Crippen LogP contribution in [0.5, 0.6) is 5.75 Å². The van der Waals surface area contributed by atoms with Gasteiger partial charge in [0, 0.05) is 6.42 Å². The third-order valence-corrected chi connectivity index (χ3v) is 4.52. The van der Waals surface area contributed by atoms with Gasteiger partial charge in [0.05, 0.1) is 12.1 Å². The van der Waals surface area contributed by atoms with Crippen LogP contribution in [0.4, 0.5) is 13.2 Å². The molecule has 2 unspecified atom stereocenters. The van der Waals surface area contributed by atoms with E-state index >= 15 is 0 Å². The van der Waals surface area contributed by atoms with Crippen molar-refractivity contribution in [1.29, 1.82) is 0 Å². The van der Waals surface area contributed by atoms with Crippen LogP contribution in [-0.4, -0.2) is 32.1 Å². The van der Waals surface area contributed by atoms with Gasteiger partial charge in [0.15, 0.2) is 0 Å². The molecule has 0 bridgehead atoms. The Morgan fingerprint density at radius 3 is 2.68 bits per heavy atom. The van der Waals surface area contributed by atoms with Crippen molar-refractivity contribution in [2.75, 3.05) is 26.2 Å². The number of hydrogen-bond acceptors (Lipinski definition) is 3. The van der Waals surface area contributed by atoms with Gasteiger partial charge in [-0.1, -0.05) is 6.92 Å². The minimum atomic E-state index is -4.35. The Hall–Kier alpha value is -1.76. The molecule has 7 heteroatoms. The van der Waals surface area contributed by atoms with E-state index in [1.807, 2.05) is 0 Å². The van der Waals surface area contributed by atoms with E-state index in [0.717, 1.165) is 38.1 Å². The molecule has 1 aliphatic heterocycles. The predicted molar refractivity (Wildman–Crippen MR) is 89.3 cm³/mol. The molecule has 1 amide bonds. The number of halogens is 3. The molecule has 2 atom stereocenters. The van der Waals surface area contributed by atoms with Crippen LogP contribution < -0.4 is 15.4 Å². The van der Waals surface area contributed by atoms with Crippen LogP contribution >= 0.6 is 0 Å². The van der Waals surface area contributed by atoms with Crippen molar-refractivity contribution in [3.8, 4) is 5.75 Å². The first-order valence-corrected chi connectivity index (χ1v) is 8.63. The van der Waals surface area contributed by atoms with Crippen molar-refractivity contribution in [3.05, 3.63) is 29.8 Å². The van der Waals surface area contributed by atoms with Gasteiger partial charge in [-0.05, 0) is 62.0 Å². The SMILES string of the molecule is CC(CC(=O)NCCOc1ccc(C(F)(F)F)cc1)C1CCCNC1. The van der Waals surface area contributed by atoms with E-state index in [2.05, 4.69) is 17.6 Å². The van der Waals surface area contributed by atoms with Gasteiger partial charge in [-0.3, -0.25) is 4.79 Å². The van der Waals surface area contributed by atoms with Gasteiger partial charge in [-0.2, -0.15) is 13.2 Å². The molecule has 0 aliphatic carbocycles. The highest BCUT2D eigenvalue weighted by atomic mass is 19.4. The molecule has 1 heterocycles. The Balaban J connectivity index is 1.64. The number of piperidine rings is 1. The lowest BCUT2D eigenvalue weighted by Gasteiger charge is -2.28. The molecule has 0 spiro atoms. The Morgan fingerprint density at radius 1 is 1.36 bits per heavy atom. The maximum Gasteiger partial charge on any atom is 0.416 e. The number of rotatable bonds is 7. The lowest BCUT2D eigenvalue weighted by Crippen LogP contribution is -2.36. The minimum Gasteiger partial charge on any atom is -0.492 e. The second-order valence-corrected chi connectivity index (χ2v) is 6.51. The maximum absolute atomic E-state index is 12.5. The van der Waals surface area contributed by atoms with Crippen LogP contribution in [-0.2, 0) is 11.0 Å². The molecule has 140 valence electrons. The van der Waals surface area contributed by atoms with Crippen molar-refractivity contribution in [3.63, 3.8) is 0 Å². The molecule has 1 aromatic carbocycles. The standard InChI is InChI=1S/C18H25F3N2O2/c1-13(14-3-2-8-22-12-14)11-17(24)23-9-10-25-16-6-4-15(5-7-16)18(19,20)21/h4-7,13-14,22H,2-3,8-12H2,1H3,(H,23,24). The number of carbonyl (C=O) groups excluding carboxylic acids is 1. The average molecular weight is 358 g/mol. The van der Waals surface area contributed by atoms with Crippen molar-refractivity contribution in [2.24, 2.45) is 11.8 Å². The maximum atomic E-state index is 12.5. The smallest absolute Gasteiger partial charge is 0.416 e. The summed E-state index contributed by atoms with van der Waals surface area (Å²) < 4.78 is 42.7.